The number of nitrogens with one attached hydrogen (secondary N) is 1. The Balaban J connectivity index is 2.62. The molecule has 0 bridgehead atoms. The molecule has 1 aromatic rings. The van der Waals surface area contributed by atoms with E-state index in [1.54, 1.807) is 12.4 Å². The summed E-state index contributed by atoms with van der Waals surface area (Å²) in [5.74, 6) is 1.26. The molecule has 1 rings (SSSR count). The van der Waals surface area contributed by atoms with E-state index in [1.165, 1.54) is 0 Å². The Labute approximate surface area is 105 Å². The predicted octanol–water partition coefficient (Wildman–Crippen LogP) is 3.91. The van der Waals surface area contributed by atoms with Crippen molar-refractivity contribution < 1.29 is 0 Å². The van der Waals surface area contributed by atoms with E-state index >= 15 is 0 Å². The number of hydrogen-bond donors (Lipinski definition) is 1. The van der Waals surface area contributed by atoms with Crippen molar-refractivity contribution in [3.8, 4) is 0 Å². The zero-order valence-corrected chi connectivity index (χ0v) is 11.3. The number of halogens is 2. The zero-order chi connectivity index (χ0) is 11.3. The van der Waals surface area contributed by atoms with Gasteiger partial charge in [-0.3, -0.25) is 4.98 Å². The Kier molecular flexibility index (Phi) is 5.40. The maximum absolute atomic E-state index is 5.92. The van der Waals surface area contributed by atoms with Gasteiger partial charge in [0.2, 0.25) is 0 Å². The lowest BCUT2D eigenvalue weighted by Gasteiger charge is -2.19. The van der Waals surface area contributed by atoms with E-state index < -0.39 is 0 Å². The molecule has 4 heteroatoms. The molecule has 0 aromatic carbocycles. The third kappa shape index (κ3) is 4.39. The van der Waals surface area contributed by atoms with Crippen molar-refractivity contribution in [2.24, 2.45) is 5.92 Å². The van der Waals surface area contributed by atoms with E-state index in [4.69, 9.17) is 11.6 Å². The van der Waals surface area contributed by atoms with Gasteiger partial charge in [-0.05, 0) is 34.3 Å². The standard InChI is InChI=1S/C11H16BrClN2/c1-8(2)5-9(6-13)15-11-3-4-14-7-10(11)12/h3-4,7-9H,5-6H2,1-2H3,(H,14,15). The molecule has 0 aliphatic heterocycles. The number of pyridine rings is 1. The summed E-state index contributed by atoms with van der Waals surface area (Å²) < 4.78 is 0.976. The van der Waals surface area contributed by atoms with E-state index in [0.29, 0.717) is 17.8 Å². The minimum absolute atomic E-state index is 0.311. The van der Waals surface area contributed by atoms with E-state index in [9.17, 15) is 0 Å². The first kappa shape index (κ1) is 12.8. The largest absolute Gasteiger partial charge is 0.380 e. The maximum Gasteiger partial charge on any atom is 0.0590 e. The lowest BCUT2D eigenvalue weighted by atomic mass is 10.1. The Morgan fingerprint density at radius 1 is 1.53 bits per heavy atom. The molecule has 1 aromatic heterocycles. The smallest absolute Gasteiger partial charge is 0.0590 e. The fourth-order valence-corrected chi connectivity index (χ4v) is 2.01. The molecule has 1 heterocycles. The molecule has 0 saturated heterocycles. The van der Waals surface area contributed by atoms with Gasteiger partial charge in [0, 0.05) is 24.3 Å². The highest BCUT2D eigenvalue weighted by Gasteiger charge is 2.10. The van der Waals surface area contributed by atoms with Crippen LogP contribution in [0.25, 0.3) is 0 Å². The molecule has 0 aliphatic rings. The average Bonchev–Trinajstić information content (AvgIpc) is 2.19. The minimum Gasteiger partial charge on any atom is -0.380 e. The number of nitrogens with zero attached hydrogens (tertiary/aromatic N) is 1. The van der Waals surface area contributed by atoms with Gasteiger partial charge in [0.05, 0.1) is 10.2 Å². The maximum atomic E-state index is 5.92. The van der Waals surface area contributed by atoms with E-state index in [0.717, 1.165) is 16.6 Å². The van der Waals surface area contributed by atoms with Crippen molar-refractivity contribution in [1.82, 2.24) is 4.98 Å². The molecular formula is C11H16BrClN2. The quantitative estimate of drug-likeness (QED) is 0.832. The van der Waals surface area contributed by atoms with Crippen molar-refractivity contribution in [1.29, 1.82) is 0 Å². The van der Waals surface area contributed by atoms with Crippen molar-refractivity contribution in [2.75, 3.05) is 11.2 Å². The molecule has 1 N–H and O–H groups in total. The highest BCUT2D eigenvalue weighted by Crippen LogP contribution is 2.22. The van der Waals surface area contributed by atoms with Gasteiger partial charge in [-0.1, -0.05) is 13.8 Å². The number of rotatable bonds is 5. The SMILES string of the molecule is CC(C)CC(CCl)Nc1ccncc1Br. The van der Waals surface area contributed by atoms with E-state index in [1.807, 2.05) is 6.07 Å². The fourth-order valence-electron chi connectivity index (χ4n) is 1.44. The second-order valence-corrected chi connectivity index (χ2v) is 5.14. The number of anilines is 1. The molecule has 0 aliphatic carbocycles. The van der Waals surface area contributed by atoms with Crippen LogP contribution in [0, 0.1) is 5.92 Å². The van der Waals surface area contributed by atoms with Crippen LogP contribution in [-0.2, 0) is 0 Å². The Bertz CT molecular complexity index is 304. The van der Waals surface area contributed by atoms with Crippen LogP contribution in [0.5, 0.6) is 0 Å². The van der Waals surface area contributed by atoms with Crippen LogP contribution < -0.4 is 5.32 Å². The molecular weight excluding hydrogens is 275 g/mol. The molecule has 0 radical (unpaired) electrons. The van der Waals surface area contributed by atoms with Crippen molar-refractivity contribution in [3.63, 3.8) is 0 Å². The van der Waals surface area contributed by atoms with Crippen LogP contribution in [0.3, 0.4) is 0 Å². The van der Waals surface area contributed by atoms with Crippen LogP contribution in [-0.4, -0.2) is 16.9 Å². The summed E-state index contributed by atoms with van der Waals surface area (Å²) in [5, 5.41) is 3.41. The minimum atomic E-state index is 0.311. The first-order chi connectivity index (χ1) is 7.13. The van der Waals surface area contributed by atoms with E-state index in [-0.39, 0.29) is 0 Å². The summed E-state index contributed by atoms with van der Waals surface area (Å²) in [4.78, 5) is 4.02. The summed E-state index contributed by atoms with van der Waals surface area (Å²) >= 11 is 9.37. The third-order valence-electron chi connectivity index (χ3n) is 2.07. The summed E-state index contributed by atoms with van der Waals surface area (Å²) in [6.45, 7) is 4.39. The number of hydrogen-bond acceptors (Lipinski definition) is 2. The van der Waals surface area contributed by atoms with Gasteiger partial charge in [-0.15, -0.1) is 11.6 Å². The highest BCUT2D eigenvalue weighted by molar-refractivity contribution is 9.10. The molecule has 0 fully saturated rings. The van der Waals surface area contributed by atoms with Crippen molar-refractivity contribution >= 4 is 33.2 Å². The van der Waals surface area contributed by atoms with Crippen LogP contribution in [0.15, 0.2) is 22.9 Å². The van der Waals surface area contributed by atoms with E-state index in [2.05, 4.69) is 40.1 Å². The average molecular weight is 292 g/mol. The molecule has 0 spiro atoms. The Morgan fingerprint density at radius 3 is 2.80 bits per heavy atom. The zero-order valence-electron chi connectivity index (χ0n) is 9.00. The van der Waals surface area contributed by atoms with Crippen LogP contribution in [0.2, 0.25) is 0 Å². The van der Waals surface area contributed by atoms with Gasteiger partial charge >= 0.3 is 0 Å². The molecule has 1 atom stereocenters. The highest BCUT2D eigenvalue weighted by atomic mass is 79.9. The third-order valence-corrected chi connectivity index (χ3v) is 3.08. The van der Waals surface area contributed by atoms with Crippen LogP contribution in [0.1, 0.15) is 20.3 Å². The van der Waals surface area contributed by atoms with Crippen LogP contribution >= 0.6 is 27.5 Å². The molecule has 2 nitrogen and oxygen atoms in total. The van der Waals surface area contributed by atoms with Crippen LogP contribution in [0.4, 0.5) is 5.69 Å². The molecule has 1 unspecified atom stereocenters. The van der Waals surface area contributed by atoms with Gasteiger partial charge in [0.25, 0.3) is 0 Å². The summed E-state index contributed by atoms with van der Waals surface area (Å²) in [6.07, 6.45) is 4.62. The Hall–Kier alpha value is -0.280. The lowest BCUT2D eigenvalue weighted by molar-refractivity contribution is 0.542. The normalized spacial score (nSPS) is 12.9. The summed E-state index contributed by atoms with van der Waals surface area (Å²) in [7, 11) is 0. The van der Waals surface area contributed by atoms with Gasteiger partial charge in [0.1, 0.15) is 0 Å². The molecule has 15 heavy (non-hydrogen) atoms. The first-order valence-electron chi connectivity index (χ1n) is 5.05. The van der Waals surface area contributed by atoms with Gasteiger partial charge in [-0.2, -0.15) is 0 Å². The Morgan fingerprint density at radius 2 is 2.27 bits per heavy atom. The molecule has 0 amide bonds. The van der Waals surface area contributed by atoms with Crippen molar-refractivity contribution in [2.45, 2.75) is 26.3 Å². The fraction of sp³-hybridized carbons (Fsp3) is 0.545. The monoisotopic (exact) mass is 290 g/mol. The van der Waals surface area contributed by atoms with Crippen molar-refractivity contribution in [3.05, 3.63) is 22.9 Å². The topological polar surface area (TPSA) is 24.9 Å². The molecule has 84 valence electrons. The second-order valence-electron chi connectivity index (χ2n) is 3.98. The van der Waals surface area contributed by atoms with Gasteiger partial charge < -0.3 is 5.32 Å². The number of alkyl halides is 1. The molecule has 0 saturated carbocycles. The number of aromatic nitrogens is 1. The predicted molar refractivity (Wildman–Crippen MR) is 69.5 cm³/mol. The summed E-state index contributed by atoms with van der Waals surface area (Å²) in [5.41, 5.74) is 1.05. The second kappa shape index (κ2) is 6.33. The van der Waals surface area contributed by atoms with Gasteiger partial charge in [-0.25, -0.2) is 0 Å². The first-order valence-corrected chi connectivity index (χ1v) is 6.38. The lowest BCUT2D eigenvalue weighted by Crippen LogP contribution is -2.23. The van der Waals surface area contributed by atoms with Gasteiger partial charge in [0.15, 0.2) is 0 Å². The summed E-state index contributed by atoms with van der Waals surface area (Å²) in [6, 6.07) is 2.26.